The molecule has 0 bridgehead atoms. The molecule has 1 rings (SSSR count). The summed E-state index contributed by atoms with van der Waals surface area (Å²) in [5.41, 5.74) is 0. The molecule has 0 nitrogen and oxygen atoms in total. The molecule has 0 heterocycles. The van der Waals surface area contributed by atoms with Crippen LogP contribution in [0.2, 0.25) is 0 Å². The maximum Gasteiger partial charge on any atom is 0.248 e. The Hall–Kier alpha value is -0.400. The van der Waals surface area contributed by atoms with E-state index in [0.29, 0.717) is 18.8 Å². The summed E-state index contributed by atoms with van der Waals surface area (Å²) in [6, 6.07) is 0. The van der Waals surface area contributed by atoms with E-state index in [1.54, 1.807) is 0 Å². The Morgan fingerprint density at radius 2 is 1.82 bits per heavy atom. The third-order valence-electron chi connectivity index (χ3n) is 2.23. The molecule has 2 heteroatoms. The van der Waals surface area contributed by atoms with Gasteiger partial charge in [-0.3, -0.25) is 0 Å². The van der Waals surface area contributed by atoms with Gasteiger partial charge in [0.1, 0.15) is 0 Å². The van der Waals surface area contributed by atoms with Gasteiger partial charge in [0.25, 0.3) is 0 Å². The summed E-state index contributed by atoms with van der Waals surface area (Å²) in [6.07, 6.45) is 5.43. The van der Waals surface area contributed by atoms with Crippen LogP contribution in [0.4, 0.5) is 8.78 Å². The van der Waals surface area contributed by atoms with Crippen LogP contribution in [-0.2, 0) is 0 Å². The Morgan fingerprint density at radius 3 is 2.27 bits per heavy atom. The van der Waals surface area contributed by atoms with Crippen LogP contribution < -0.4 is 0 Å². The summed E-state index contributed by atoms with van der Waals surface area (Å²) in [5.74, 6) is -1.97. The molecule has 0 aromatic heterocycles. The fourth-order valence-corrected chi connectivity index (χ4v) is 1.53. The summed E-state index contributed by atoms with van der Waals surface area (Å²) in [6.45, 7) is 1.94. The van der Waals surface area contributed by atoms with Crippen molar-refractivity contribution in [3.05, 3.63) is 12.2 Å². The number of hydrogen-bond donors (Lipinski definition) is 0. The van der Waals surface area contributed by atoms with E-state index in [1.165, 1.54) is 0 Å². The molecule has 1 aliphatic carbocycles. The van der Waals surface area contributed by atoms with E-state index >= 15 is 0 Å². The topological polar surface area (TPSA) is 0 Å². The zero-order valence-electron chi connectivity index (χ0n) is 6.82. The molecule has 0 unspecified atom stereocenters. The van der Waals surface area contributed by atoms with Gasteiger partial charge < -0.3 is 0 Å². The largest absolute Gasteiger partial charge is 0.248 e. The predicted molar refractivity (Wildman–Crippen MR) is 41.7 cm³/mol. The van der Waals surface area contributed by atoms with Gasteiger partial charge in [-0.05, 0) is 25.7 Å². The monoisotopic (exact) mass is 160 g/mol. The second-order valence-corrected chi connectivity index (χ2v) is 3.22. The lowest BCUT2D eigenvalue weighted by Crippen LogP contribution is -2.23. The van der Waals surface area contributed by atoms with Crippen molar-refractivity contribution >= 4 is 0 Å². The van der Waals surface area contributed by atoms with Gasteiger partial charge in [0.2, 0.25) is 5.92 Å². The van der Waals surface area contributed by atoms with Gasteiger partial charge >= 0.3 is 0 Å². The summed E-state index contributed by atoms with van der Waals surface area (Å²) in [4.78, 5) is 0. The maximum absolute atomic E-state index is 12.6. The molecular formula is C9H14F2. The smallest absolute Gasteiger partial charge is 0.207 e. The molecule has 0 spiro atoms. The highest BCUT2D eigenvalue weighted by atomic mass is 19.3. The minimum Gasteiger partial charge on any atom is -0.207 e. The summed E-state index contributed by atoms with van der Waals surface area (Å²) in [7, 11) is 0. The lowest BCUT2D eigenvalue weighted by Gasteiger charge is -2.26. The zero-order valence-corrected chi connectivity index (χ0v) is 6.82. The second kappa shape index (κ2) is 3.33. The molecule has 0 aromatic rings. The average molecular weight is 160 g/mol. The molecule has 1 saturated carbocycles. The quantitative estimate of drug-likeness (QED) is 0.516. The third-order valence-corrected chi connectivity index (χ3v) is 2.23. The molecule has 0 N–H and O–H groups in total. The highest BCUT2D eigenvalue weighted by molar-refractivity contribution is 4.90. The number of alkyl halides is 2. The van der Waals surface area contributed by atoms with Gasteiger partial charge in [0, 0.05) is 12.8 Å². The second-order valence-electron chi connectivity index (χ2n) is 3.22. The van der Waals surface area contributed by atoms with E-state index in [2.05, 4.69) is 0 Å². The molecule has 1 aliphatic rings. The molecule has 0 radical (unpaired) electrons. The van der Waals surface area contributed by atoms with Gasteiger partial charge in [-0.2, -0.15) is 0 Å². The van der Waals surface area contributed by atoms with Crippen molar-refractivity contribution in [3.8, 4) is 0 Å². The Morgan fingerprint density at radius 1 is 1.27 bits per heavy atom. The van der Waals surface area contributed by atoms with Crippen LogP contribution in [0.1, 0.15) is 32.6 Å². The Balaban J connectivity index is 2.36. The number of allylic oxidation sites excluding steroid dienone is 2. The number of hydrogen-bond acceptors (Lipinski definition) is 0. The third kappa shape index (κ3) is 2.60. The molecule has 1 fully saturated rings. The van der Waals surface area contributed by atoms with Crippen LogP contribution in [-0.4, -0.2) is 5.92 Å². The van der Waals surface area contributed by atoms with E-state index in [0.717, 1.165) is 0 Å². The Kier molecular flexibility index (Phi) is 2.63. The van der Waals surface area contributed by atoms with E-state index in [4.69, 9.17) is 0 Å². The number of halogens is 2. The fraction of sp³-hybridized carbons (Fsp3) is 0.778. The van der Waals surface area contributed by atoms with Gasteiger partial charge in [-0.25, -0.2) is 8.78 Å². The van der Waals surface area contributed by atoms with E-state index in [1.807, 2.05) is 19.1 Å². The van der Waals surface area contributed by atoms with Crippen molar-refractivity contribution in [2.75, 3.05) is 0 Å². The first kappa shape index (κ1) is 8.69. The molecule has 0 amide bonds. The predicted octanol–water partition coefficient (Wildman–Crippen LogP) is 3.39. The minimum atomic E-state index is -2.38. The lowest BCUT2D eigenvalue weighted by molar-refractivity contribution is -0.0411. The molecule has 0 saturated heterocycles. The van der Waals surface area contributed by atoms with Crippen LogP contribution in [0.15, 0.2) is 12.2 Å². The van der Waals surface area contributed by atoms with E-state index < -0.39 is 5.92 Å². The van der Waals surface area contributed by atoms with Crippen LogP contribution in [0.5, 0.6) is 0 Å². The lowest BCUT2D eigenvalue weighted by atomic mass is 9.87. The molecule has 0 aromatic carbocycles. The minimum absolute atomic E-state index is 0.0714. The highest BCUT2D eigenvalue weighted by Gasteiger charge is 2.33. The summed E-state index contributed by atoms with van der Waals surface area (Å²) >= 11 is 0. The van der Waals surface area contributed by atoms with Crippen LogP contribution in [0.3, 0.4) is 0 Å². The van der Waals surface area contributed by atoms with Gasteiger partial charge in [0.05, 0.1) is 0 Å². The molecule has 0 aliphatic heterocycles. The van der Waals surface area contributed by atoms with Crippen LogP contribution in [0.25, 0.3) is 0 Å². The normalized spacial score (nSPS) is 26.1. The molecule has 11 heavy (non-hydrogen) atoms. The van der Waals surface area contributed by atoms with E-state index in [9.17, 15) is 8.78 Å². The van der Waals surface area contributed by atoms with Crippen molar-refractivity contribution in [2.45, 2.75) is 38.5 Å². The van der Waals surface area contributed by atoms with Crippen molar-refractivity contribution in [1.29, 1.82) is 0 Å². The molecule has 64 valence electrons. The first-order valence-electron chi connectivity index (χ1n) is 4.15. The molecular weight excluding hydrogens is 146 g/mol. The van der Waals surface area contributed by atoms with Crippen molar-refractivity contribution in [1.82, 2.24) is 0 Å². The van der Waals surface area contributed by atoms with Crippen LogP contribution >= 0.6 is 0 Å². The average Bonchev–Trinajstić information content (AvgIpc) is 1.94. The van der Waals surface area contributed by atoms with Gasteiger partial charge in [0.15, 0.2) is 0 Å². The maximum atomic E-state index is 12.6. The van der Waals surface area contributed by atoms with Crippen LogP contribution in [0, 0.1) is 5.92 Å². The molecule has 0 atom stereocenters. The zero-order chi connectivity index (χ0) is 8.32. The van der Waals surface area contributed by atoms with Crippen molar-refractivity contribution < 1.29 is 8.78 Å². The standard InChI is InChI=1S/C9H14F2/c1-2-3-8-4-6-9(10,11)7-5-8/h2-3,8H,4-7H2,1H3/b3-2+. The SMILES string of the molecule is C/C=C/C1CCC(F)(F)CC1. The Bertz CT molecular complexity index is 140. The summed E-state index contributed by atoms with van der Waals surface area (Å²) in [5, 5.41) is 0. The summed E-state index contributed by atoms with van der Waals surface area (Å²) < 4.78 is 25.2. The Labute approximate surface area is 66.3 Å². The van der Waals surface area contributed by atoms with Gasteiger partial charge in [-0.15, -0.1) is 0 Å². The van der Waals surface area contributed by atoms with Crippen molar-refractivity contribution in [3.63, 3.8) is 0 Å². The fourth-order valence-electron chi connectivity index (χ4n) is 1.53. The first-order chi connectivity index (χ1) is 5.14. The first-order valence-corrected chi connectivity index (χ1v) is 4.15. The highest BCUT2D eigenvalue weighted by Crippen LogP contribution is 2.36. The van der Waals surface area contributed by atoms with Crippen molar-refractivity contribution in [2.24, 2.45) is 5.92 Å². The number of rotatable bonds is 1. The van der Waals surface area contributed by atoms with E-state index in [-0.39, 0.29) is 12.8 Å². The van der Waals surface area contributed by atoms with Gasteiger partial charge in [-0.1, -0.05) is 12.2 Å².